The molecule has 0 fully saturated rings. The SMILES string of the molecule is CCOCc1c(C(=O)O)n(Cc2cccc3ccccc23)c2ccc(F)cc12. The number of benzene rings is 3. The monoisotopic (exact) mass is 377 g/mol. The van der Waals surface area contributed by atoms with Gasteiger partial charge in [0.2, 0.25) is 0 Å². The van der Waals surface area contributed by atoms with E-state index in [1.54, 1.807) is 10.6 Å². The van der Waals surface area contributed by atoms with Crippen LogP contribution in [0.4, 0.5) is 4.39 Å². The Balaban J connectivity index is 1.95. The van der Waals surface area contributed by atoms with Crippen molar-refractivity contribution in [3.63, 3.8) is 0 Å². The van der Waals surface area contributed by atoms with E-state index < -0.39 is 11.8 Å². The maximum Gasteiger partial charge on any atom is 0.352 e. The van der Waals surface area contributed by atoms with Gasteiger partial charge in [0.15, 0.2) is 0 Å². The summed E-state index contributed by atoms with van der Waals surface area (Å²) in [6, 6.07) is 18.4. The second-order valence-corrected chi connectivity index (χ2v) is 6.66. The van der Waals surface area contributed by atoms with Crippen LogP contribution in [0.25, 0.3) is 21.7 Å². The van der Waals surface area contributed by atoms with Gasteiger partial charge in [-0.3, -0.25) is 0 Å². The minimum absolute atomic E-state index is 0.126. The quantitative estimate of drug-likeness (QED) is 0.501. The highest BCUT2D eigenvalue weighted by Gasteiger charge is 2.23. The lowest BCUT2D eigenvalue weighted by Gasteiger charge is -2.12. The van der Waals surface area contributed by atoms with Crippen molar-refractivity contribution < 1.29 is 19.0 Å². The van der Waals surface area contributed by atoms with E-state index in [0.29, 0.717) is 29.6 Å². The number of aromatic nitrogens is 1. The zero-order valence-corrected chi connectivity index (χ0v) is 15.5. The number of aromatic carboxylic acids is 1. The van der Waals surface area contributed by atoms with Gasteiger partial charge in [-0.2, -0.15) is 0 Å². The number of halogens is 1. The van der Waals surface area contributed by atoms with Gasteiger partial charge in [-0.25, -0.2) is 9.18 Å². The first-order valence-corrected chi connectivity index (χ1v) is 9.18. The normalized spacial score (nSPS) is 11.4. The Morgan fingerprint density at radius 3 is 2.64 bits per heavy atom. The Morgan fingerprint density at radius 2 is 1.86 bits per heavy atom. The second-order valence-electron chi connectivity index (χ2n) is 6.66. The van der Waals surface area contributed by atoms with Crippen LogP contribution < -0.4 is 0 Å². The third-order valence-corrected chi connectivity index (χ3v) is 4.99. The van der Waals surface area contributed by atoms with Gasteiger partial charge >= 0.3 is 5.97 Å². The van der Waals surface area contributed by atoms with E-state index in [1.165, 1.54) is 12.1 Å². The number of ether oxygens (including phenoxy) is 1. The molecule has 0 saturated heterocycles. The zero-order valence-electron chi connectivity index (χ0n) is 15.5. The van der Waals surface area contributed by atoms with Gasteiger partial charge < -0.3 is 14.4 Å². The van der Waals surface area contributed by atoms with Crippen LogP contribution in [-0.4, -0.2) is 22.2 Å². The molecule has 1 aromatic heterocycles. The van der Waals surface area contributed by atoms with E-state index in [2.05, 4.69) is 0 Å². The van der Waals surface area contributed by atoms with Crippen LogP contribution in [0, 0.1) is 5.82 Å². The van der Waals surface area contributed by atoms with E-state index in [9.17, 15) is 14.3 Å². The summed E-state index contributed by atoms with van der Waals surface area (Å²) < 4.78 is 21.2. The number of carbonyl (C=O) groups is 1. The fourth-order valence-electron chi connectivity index (χ4n) is 3.76. The standard InChI is InChI=1S/C23H20FNO3/c1-2-28-14-20-19-12-17(24)10-11-21(19)25(22(20)23(26)27)13-16-8-5-7-15-6-3-4-9-18(15)16/h3-12H,2,13-14H2,1H3,(H,26,27). The van der Waals surface area contributed by atoms with Crippen LogP contribution in [-0.2, 0) is 17.9 Å². The summed E-state index contributed by atoms with van der Waals surface area (Å²) in [5, 5.41) is 12.7. The van der Waals surface area contributed by atoms with Gasteiger partial charge in [-0.05, 0) is 41.5 Å². The fourth-order valence-corrected chi connectivity index (χ4v) is 3.76. The molecule has 28 heavy (non-hydrogen) atoms. The number of rotatable bonds is 6. The van der Waals surface area contributed by atoms with Crippen LogP contribution >= 0.6 is 0 Å². The van der Waals surface area contributed by atoms with Crippen molar-refractivity contribution in [3.05, 3.63) is 83.3 Å². The maximum absolute atomic E-state index is 13.9. The lowest BCUT2D eigenvalue weighted by molar-refractivity contribution is 0.0677. The molecule has 0 amide bonds. The summed E-state index contributed by atoms with van der Waals surface area (Å²) in [5.41, 5.74) is 2.33. The van der Waals surface area contributed by atoms with Crippen LogP contribution in [0.2, 0.25) is 0 Å². The minimum atomic E-state index is -1.05. The predicted molar refractivity (Wildman–Crippen MR) is 107 cm³/mol. The smallest absolute Gasteiger partial charge is 0.352 e. The summed E-state index contributed by atoms with van der Waals surface area (Å²) in [6.07, 6.45) is 0. The Bertz CT molecular complexity index is 1170. The fraction of sp³-hybridized carbons (Fsp3) is 0.174. The lowest BCUT2D eigenvalue weighted by Crippen LogP contribution is -2.12. The second kappa shape index (κ2) is 7.44. The molecule has 0 aliphatic carbocycles. The first-order valence-electron chi connectivity index (χ1n) is 9.18. The summed E-state index contributed by atoms with van der Waals surface area (Å²) in [4.78, 5) is 12.1. The lowest BCUT2D eigenvalue weighted by atomic mass is 10.0. The molecule has 0 radical (unpaired) electrons. The van der Waals surface area contributed by atoms with Crippen molar-refractivity contribution in [3.8, 4) is 0 Å². The van der Waals surface area contributed by atoms with Gasteiger partial charge in [-0.15, -0.1) is 0 Å². The van der Waals surface area contributed by atoms with Crippen molar-refractivity contribution >= 4 is 27.6 Å². The summed E-state index contributed by atoms with van der Waals surface area (Å²) in [7, 11) is 0. The van der Waals surface area contributed by atoms with Gasteiger partial charge in [0, 0.05) is 29.6 Å². The van der Waals surface area contributed by atoms with E-state index in [0.717, 1.165) is 16.3 Å². The largest absolute Gasteiger partial charge is 0.477 e. The summed E-state index contributed by atoms with van der Waals surface area (Å²) >= 11 is 0. The highest BCUT2D eigenvalue weighted by molar-refractivity contribution is 5.98. The number of fused-ring (bicyclic) bond motifs is 2. The third kappa shape index (κ3) is 3.14. The number of nitrogens with zero attached hydrogens (tertiary/aromatic N) is 1. The number of hydrogen-bond acceptors (Lipinski definition) is 2. The molecule has 3 aromatic carbocycles. The number of hydrogen-bond donors (Lipinski definition) is 1. The van der Waals surface area contributed by atoms with Crippen molar-refractivity contribution in [2.75, 3.05) is 6.61 Å². The van der Waals surface area contributed by atoms with Gasteiger partial charge in [0.05, 0.1) is 6.61 Å². The highest BCUT2D eigenvalue weighted by Crippen LogP contribution is 2.30. The highest BCUT2D eigenvalue weighted by atomic mass is 19.1. The van der Waals surface area contributed by atoms with Crippen molar-refractivity contribution in [2.45, 2.75) is 20.1 Å². The molecule has 4 aromatic rings. The molecule has 1 N–H and O–H groups in total. The molecule has 142 valence electrons. The van der Waals surface area contributed by atoms with Crippen LogP contribution in [0.5, 0.6) is 0 Å². The molecule has 1 heterocycles. The molecule has 0 aliphatic rings. The minimum Gasteiger partial charge on any atom is -0.477 e. The molecule has 0 atom stereocenters. The molecule has 0 bridgehead atoms. The van der Waals surface area contributed by atoms with Gasteiger partial charge in [-0.1, -0.05) is 42.5 Å². The van der Waals surface area contributed by atoms with E-state index in [-0.39, 0.29) is 12.3 Å². The molecule has 5 heteroatoms. The predicted octanol–water partition coefficient (Wildman–Crippen LogP) is 5.22. The average Bonchev–Trinajstić information content (AvgIpc) is 2.99. The molecular formula is C23H20FNO3. The first kappa shape index (κ1) is 18.2. The number of carboxylic acid groups (broad SMARTS) is 1. The van der Waals surface area contributed by atoms with Gasteiger partial charge in [0.25, 0.3) is 0 Å². The molecule has 4 nitrogen and oxygen atoms in total. The molecular weight excluding hydrogens is 357 g/mol. The van der Waals surface area contributed by atoms with Crippen molar-refractivity contribution in [2.24, 2.45) is 0 Å². The van der Waals surface area contributed by atoms with Crippen molar-refractivity contribution in [1.29, 1.82) is 0 Å². The Labute approximate surface area is 161 Å². The van der Waals surface area contributed by atoms with Crippen LogP contribution in [0.1, 0.15) is 28.5 Å². The molecule has 0 spiro atoms. The molecule has 0 saturated carbocycles. The van der Waals surface area contributed by atoms with Crippen LogP contribution in [0.3, 0.4) is 0 Å². The zero-order chi connectivity index (χ0) is 19.7. The number of carboxylic acids is 1. The first-order chi connectivity index (χ1) is 13.6. The Hall–Kier alpha value is -3.18. The summed E-state index contributed by atoms with van der Waals surface area (Å²) in [5.74, 6) is -1.45. The Morgan fingerprint density at radius 1 is 1.07 bits per heavy atom. The van der Waals surface area contributed by atoms with Crippen LogP contribution in [0.15, 0.2) is 60.7 Å². The van der Waals surface area contributed by atoms with E-state index in [1.807, 2.05) is 49.4 Å². The third-order valence-electron chi connectivity index (χ3n) is 4.99. The molecule has 0 aliphatic heterocycles. The van der Waals surface area contributed by atoms with Gasteiger partial charge in [0.1, 0.15) is 11.5 Å². The van der Waals surface area contributed by atoms with E-state index >= 15 is 0 Å². The maximum atomic E-state index is 13.9. The molecule has 0 unspecified atom stereocenters. The topological polar surface area (TPSA) is 51.5 Å². The summed E-state index contributed by atoms with van der Waals surface area (Å²) in [6.45, 7) is 2.79. The average molecular weight is 377 g/mol. The van der Waals surface area contributed by atoms with E-state index in [4.69, 9.17) is 4.74 Å². The van der Waals surface area contributed by atoms with Crippen molar-refractivity contribution in [1.82, 2.24) is 4.57 Å². The molecule has 4 rings (SSSR count). The Kier molecular flexibility index (Phi) is 4.84.